The van der Waals surface area contributed by atoms with E-state index in [1.165, 1.54) is 6.92 Å². The fraction of sp³-hybridized carbons (Fsp3) is 0.400. The Balaban J connectivity index is 1.61. The first-order chi connectivity index (χ1) is 12.4. The van der Waals surface area contributed by atoms with Crippen LogP contribution in [0.2, 0.25) is 0 Å². The first-order valence-electron chi connectivity index (χ1n) is 8.97. The minimum atomic E-state index is -0.203. The Bertz CT molecular complexity index is 888. The lowest BCUT2D eigenvalue weighted by atomic mass is 9.87. The number of amides is 1. The van der Waals surface area contributed by atoms with Crippen molar-refractivity contribution >= 4 is 11.9 Å². The number of benzene rings is 1. The molecule has 2 unspecified atom stereocenters. The minimum absolute atomic E-state index is 0.119. The zero-order valence-electron chi connectivity index (χ0n) is 15.2. The van der Waals surface area contributed by atoms with Gasteiger partial charge in [-0.05, 0) is 48.1 Å². The van der Waals surface area contributed by atoms with Gasteiger partial charge in [-0.15, -0.1) is 0 Å². The van der Waals surface area contributed by atoms with Gasteiger partial charge in [-0.3, -0.25) is 10.1 Å². The highest BCUT2D eigenvalue weighted by molar-refractivity contribution is 5.97. The van der Waals surface area contributed by atoms with Gasteiger partial charge < -0.3 is 9.88 Å². The predicted octanol–water partition coefficient (Wildman–Crippen LogP) is 2.79. The van der Waals surface area contributed by atoms with Gasteiger partial charge in [0.1, 0.15) is 5.82 Å². The summed E-state index contributed by atoms with van der Waals surface area (Å²) in [5.74, 6) is 0.864. The van der Waals surface area contributed by atoms with Gasteiger partial charge in [-0.25, -0.2) is 9.38 Å². The van der Waals surface area contributed by atoms with Crippen molar-refractivity contribution in [1.29, 1.82) is 0 Å². The van der Waals surface area contributed by atoms with E-state index >= 15 is 0 Å². The molecule has 2 N–H and O–H groups in total. The molecule has 1 amide bonds. The molecule has 0 spiro atoms. The summed E-state index contributed by atoms with van der Waals surface area (Å²) in [5.41, 5.74) is 2.65. The maximum Gasteiger partial charge on any atom is 0.223 e. The minimum Gasteiger partial charge on any atom is -0.351 e. The van der Waals surface area contributed by atoms with E-state index < -0.39 is 0 Å². The highest BCUT2D eigenvalue weighted by atomic mass is 19.1. The standard InChI is InChI=1S/C20H23FN4O/c1-11-14(10-17-19(11)24-20(23-17)22-12(2)26)13-6-7-16(21)15(9-13)18-5-4-8-25(18)3/h4-9,11,14,17,19H,10H2,1-3H3,(H2,22,23,24,26)/t11-,14-,17?,19?/m0/s1. The number of carbonyl (C=O) groups excluding carboxylic acids is 1. The summed E-state index contributed by atoms with van der Waals surface area (Å²) in [5, 5.41) is 6.05. The quantitative estimate of drug-likeness (QED) is 0.871. The molecule has 1 fully saturated rings. The monoisotopic (exact) mass is 354 g/mol. The first kappa shape index (κ1) is 16.8. The molecule has 6 heteroatoms. The number of nitrogens with zero attached hydrogens (tertiary/aromatic N) is 2. The second-order valence-electron chi connectivity index (χ2n) is 7.35. The third-order valence-electron chi connectivity index (χ3n) is 5.63. The first-order valence-corrected chi connectivity index (χ1v) is 8.97. The number of guanidine groups is 1. The van der Waals surface area contributed by atoms with E-state index in [1.807, 2.05) is 42.1 Å². The fourth-order valence-electron chi connectivity index (χ4n) is 4.33. The average Bonchev–Trinajstić information content (AvgIpc) is 3.25. The molecule has 2 heterocycles. The van der Waals surface area contributed by atoms with Crippen LogP contribution in [0.15, 0.2) is 41.5 Å². The van der Waals surface area contributed by atoms with Crippen molar-refractivity contribution in [2.75, 3.05) is 0 Å². The van der Waals surface area contributed by atoms with Crippen molar-refractivity contribution in [3.63, 3.8) is 0 Å². The van der Waals surface area contributed by atoms with Gasteiger partial charge in [0.25, 0.3) is 0 Å². The van der Waals surface area contributed by atoms with Gasteiger partial charge in [0, 0.05) is 25.7 Å². The molecular formula is C20H23FN4O. The lowest BCUT2D eigenvalue weighted by Crippen LogP contribution is -2.41. The number of rotatable bonds is 2. The van der Waals surface area contributed by atoms with E-state index in [-0.39, 0.29) is 23.8 Å². The molecule has 0 radical (unpaired) electrons. The summed E-state index contributed by atoms with van der Waals surface area (Å²) in [7, 11) is 1.92. The molecule has 2 aromatic rings. The lowest BCUT2D eigenvalue weighted by Gasteiger charge is -2.19. The molecule has 1 aliphatic carbocycles. The highest BCUT2D eigenvalue weighted by Gasteiger charge is 2.45. The molecule has 2 aliphatic rings. The Hall–Kier alpha value is -2.63. The van der Waals surface area contributed by atoms with Gasteiger partial charge in [0.15, 0.2) is 5.96 Å². The van der Waals surface area contributed by atoms with Gasteiger partial charge in [0.2, 0.25) is 5.91 Å². The molecular weight excluding hydrogens is 331 g/mol. The summed E-state index contributed by atoms with van der Waals surface area (Å²) in [6.07, 6.45) is 2.84. The Morgan fingerprint density at radius 1 is 1.38 bits per heavy atom. The topological polar surface area (TPSA) is 58.4 Å². The highest BCUT2D eigenvalue weighted by Crippen LogP contribution is 2.43. The second kappa shape index (κ2) is 6.27. The number of hydrogen-bond donors (Lipinski definition) is 2. The molecule has 5 nitrogen and oxygen atoms in total. The van der Waals surface area contributed by atoms with Gasteiger partial charge in [-0.2, -0.15) is 0 Å². The van der Waals surface area contributed by atoms with Crippen LogP contribution in [-0.4, -0.2) is 28.5 Å². The van der Waals surface area contributed by atoms with Crippen molar-refractivity contribution in [1.82, 2.24) is 15.2 Å². The van der Waals surface area contributed by atoms with Crippen molar-refractivity contribution in [3.8, 4) is 11.3 Å². The molecule has 0 saturated heterocycles. The number of aliphatic imine (C=N–C) groups is 1. The molecule has 1 aliphatic heterocycles. The van der Waals surface area contributed by atoms with Gasteiger partial charge >= 0.3 is 0 Å². The average molecular weight is 354 g/mol. The molecule has 0 bridgehead atoms. The summed E-state index contributed by atoms with van der Waals surface area (Å²) in [6, 6.07) is 9.63. The van der Waals surface area contributed by atoms with E-state index in [1.54, 1.807) is 6.07 Å². The smallest absolute Gasteiger partial charge is 0.223 e. The van der Waals surface area contributed by atoms with Crippen LogP contribution in [-0.2, 0) is 11.8 Å². The SMILES string of the molecule is CC(=O)NC1=NC2C(C[C@H](c3ccc(F)c(-c4cccn4C)c3)[C@@H]2C)N1. The van der Waals surface area contributed by atoms with Crippen LogP contribution in [0.4, 0.5) is 4.39 Å². The zero-order valence-corrected chi connectivity index (χ0v) is 15.2. The number of carbonyl (C=O) groups is 1. The number of hydrogen-bond acceptors (Lipinski definition) is 3. The summed E-state index contributed by atoms with van der Waals surface area (Å²) in [4.78, 5) is 15.9. The normalized spacial score (nSPS) is 27.0. The van der Waals surface area contributed by atoms with E-state index in [0.717, 1.165) is 17.7 Å². The third kappa shape index (κ3) is 2.79. The Kier molecular flexibility index (Phi) is 4.05. The van der Waals surface area contributed by atoms with Crippen LogP contribution >= 0.6 is 0 Å². The number of aromatic nitrogens is 1. The molecule has 1 aromatic carbocycles. The Morgan fingerprint density at radius 2 is 2.19 bits per heavy atom. The lowest BCUT2D eigenvalue weighted by molar-refractivity contribution is -0.117. The molecule has 1 saturated carbocycles. The summed E-state index contributed by atoms with van der Waals surface area (Å²) >= 11 is 0. The zero-order chi connectivity index (χ0) is 18.4. The molecule has 26 heavy (non-hydrogen) atoms. The van der Waals surface area contributed by atoms with Crippen LogP contribution in [0, 0.1) is 11.7 Å². The van der Waals surface area contributed by atoms with Crippen LogP contribution < -0.4 is 10.6 Å². The maximum atomic E-state index is 14.4. The number of halogens is 1. The van der Waals surface area contributed by atoms with Crippen LogP contribution in [0.1, 0.15) is 31.7 Å². The fourth-order valence-corrected chi connectivity index (χ4v) is 4.33. The Morgan fingerprint density at radius 3 is 2.85 bits per heavy atom. The van der Waals surface area contributed by atoms with Crippen LogP contribution in [0.25, 0.3) is 11.3 Å². The molecule has 4 atom stereocenters. The molecule has 136 valence electrons. The van der Waals surface area contributed by atoms with Gasteiger partial charge in [-0.1, -0.05) is 13.0 Å². The Labute approximate surface area is 152 Å². The summed E-state index contributed by atoms with van der Waals surface area (Å²) in [6.45, 7) is 3.66. The van der Waals surface area contributed by atoms with Crippen molar-refractivity contribution in [2.24, 2.45) is 18.0 Å². The van der Waals surface area contributed by atoms with Gasteiger partial charge in [0.05, 0.1) is 17.8 Å². The van der Waals surface area contributed by atoms with E-state index in [4.69, 9.17) is 0 Å². The van der Waals surface area contributed by atoms with Crippen molar-refractivity contribution < 1.29 is 9.18 Å². The third-order valence-corrected chi connectivity index (χ3v) is 5.63. The van der Waals surface area contributed by atoms with Crippen LogP contribution in [0.3, 0.4) is 0 Å². The molecule has 4 rings (SSSR count). The van der Waals surface area contributed by atoms with E-state index in [0.29, 0.717) is 23.4 Å². The van der Waals surface area contributed by atoms with Crippen molar-refractivity contribution in [2.45, 2.75) is 38.3 Å². The second-order valence-corrected chi connectivity index (χ2v) is 7.35. The molecule has 1 aromatic heterocycles. The van der Waals surface area contributed by atoms with E-state index in [9.17, 15) is 9.18 Å². The maximum absolute atomic E-state index is 14.4. The van der Waals surface area contributed by atoms with E-state index in [2.05, 4.69) is 22.5 Å². The number of nitrogens with one attached hydrogen (secondary N) is 2. The van der Waals surface area contributed by atoms with Crippen molar-refractivity contribution in [3.05, 3.63) is 47.9 Å². The number of fused-ring (bicyclic) bond motifs is 1. The summed E-state index contributed by atoms with van der Waals surface area (Å²) < 4.78 is 16.3. The van der Waals surface area contributed by atoms with Crippen LogP contribution in [0.5, 0.6) is 0 Å². The predicted molar refractivity (Wildman–Crippen MR) is 99.3 cm³/mol. The largest absolute Gasteiger partial charge is 0.351 e. The number of aryl methyl sites for hydroxylation is 1.